The smallest absolute Gasteiger partial charge is 0.338 e. The van der Waals surface area contributed by atoms with Crippen molar-refractivity contribution in [3.8, 4) is 17.2 Å². The van der Waals surface area contributed by atoms with Crippen LogP contribution >= 0.6 is 34.8 Å². The maximum absolute atomic E-state index is 13.9. The first-order valence-electron chi connectivity index (χ1n) is 22.2. The number of rotatable bonds is 23. The van der Waals surface area contributed by atoms with Gasteiger partial charge >= 0.3 is 11.9 Å². The number of nitrogens with one attached hydrogen (secondary N) is 1. The molecule has 2 saturated heterocycles. The van der Waals surface area contributed by atoms with E-state index in [0.29, 0.717) is 11.5 Å². The molecule has 20 heteroatoms. The lowest BCUT2D eigenvalue weighted by molar-refractivity contribution is -0.343. The number of halogens is 3. The molecule has 2 aliphatic rings. The Balaban J connectivity index is 1.71. The van der Waals surface area contributed by atoms with E-state index in [-0.39, 0.29) is 5.75 Å². The summed E-state index contributed by atoms with van der Waals surface area (Å²) in [4.78, 5) is 30.0. The van der Waals surface area contributed by atoms with E-state index in [9.17, 15) is 15.1 Å². The standard InChI is InChI=1S/C46H59Cl3N4O12Si/c1-6-9-27-66(28-10-7-2,29-11-8-3)65-40-35(58-31-21-15-12-16-22-31)34(52-53-51)42(63-44(40)60-33-25-19-14-20-26-33)61-36-37(59-32-23-17-13-18-24-32)39(57-30(4)54)43(62-38(36)41(55)56-5)64-45(50)46(47,48)49/h12-26,34-40,42-44,50H,6-11,27-29H2,1-5H3/t34-,35-,36-,37+,38+,39-,40+,42-,43+,44+/m1/s1. The second kappa shape index (κ2) is 25.7. The van der Waals surface area contributed by atoms with Crippen molar-refractivity contribution in [2.45, 2.75) is 150 Å². The maximum Gasteiger partial charge on any atom is 0.338 e. The van der Waals surface area contributed by atoms with Crippen LogP contribution in [-0.4, -0.2) is 98.6 Å². The number of nitrogens with zero attached hydrogens (tertiary/aromatic N) is 3. The molecule has 3 aromatic carbocycles. The molecule has 10 atom stereocenters. The van der Waals surface area contributed by atoms with Gasteiger partial charge in [0.1, 0.15) is 41.6 Å². The Labute approximate surface area is 401 Å². The molecule has 5 rings (SSSR count). The summed E-state index contributed by atoms with van der Waals surface area (Å²) in [6, 6.07) is 27.6. The zero-order valence-corrected chi connectivity index (χ0v) is 40.9. The number of alkyl halides is 3. The van der Waals surface area contributed by atoms with Crippen molar-refractivity contribution in [2.75, 3.05) is 7.11 Å². The third kappa shape index (κ3) is 14.6. The molecule has 0 spiro atoms. The van der Waals surface area contributed by atoms with Crippen LogP contribution in [0.1, 0.15) is 66.2 Å². The molecule has 360 valence electrons. The van der Waals surface area contributed by atoms with Gasteiger partial charge in [0.25, 0.3) is 3.79 Å². The Bertz CT molecular complexity index is 2000. The van der Waals surface area contributed by atoms with Gasteiger partial charge in [0.2, 0.25) is 24.6 Å². The van der Waals surface area contributed by atoms with Gasteiger partial charge in [-0.3, -0.25) is 10.2 Å². The van der Waals surface area contributed by atoms with E-state index in [2.05, 4.69) is 30.8 Å². The molecule has 0 aliphatic carbocycles. The quantitative estimate of drug-likeness (QED) is 0.0138. The van der Waals surface area contributed by atoms with Crippen molar-refractivity contribution >= 4 is 61.0 Å². The number of carbonyl (C=O) groups is 2. The van der Waals surface area contributed by atoms with Gasteiger partial charge < -0.3 is 47.1 Å². The van der Waals surface area contributed by atoms with Crippen LogP contribution in [0.3, 0.4) is 0 Å². The average Bonchev–Trinajstić information content (AvgIpc) is 3.30. The van der Waals surface area contributed by atoms with Gasteiger partial charge in [0.15, 0.2) is 26.8 Å². The predicted molar refractivity (Wildman–Crippen MR) is 250 cm³/mol. The van der Waals surface area contributed by atoms with E-state index in [0.717, 1.165) is 70.7 Å². The van der Waals surface area contributed by atoms with Crippen LogP contribution < -0.4 is 14.2 Å². The van der Waals surface area contributed by atoms with Crippen LogP contribution in [0.25, 0.3) is 10.4 Å². The molecule has 0 radical (unpaired) electrons. The van der Waals surface area contributed by atoms with Crippen LogP contribution in [0.15, 0.2) is 96.1 Å². The van der Waals surface area contributed by atoms with Crippen molar-refractivity contribution in [2.24, 2.45) is 5.11 Å². The number of hydrogen-bond acceptors (Lipinski definition) is 14. The van der Waals surface area contributed by atoms with E-state index in [1.807, 2.05) is 36.4 Å². The molecule has 66 heavy (non-hydrogen) atoms. The molecule has 2 fully saturated rings. The summed E-state index contributed by atoms with van der Waals surface area (Å²) in [5.41, 5.74) is 10.3. The normalized spacial score (nSPS) is 25.4. The van der Waals surface area contributed by atoms with E-state index < -0.39 is 91.5 Å². The summed E-state index contributed by atoms with van der Waals surface area (Å²) >= 11 is 18.0. The number of benzene rings is 3. The van der Waals surface area contributed by atoms with Crippen LogP contribution in [-0.2, 0) is 42.4 Å². The summed E-state index contributed by atoms with van der Waals surface area (Å²) < 4.78 is 61.7. The van der Waals surface area contributed by atoms with E-state index >= 15 is 0 Å². The first-order valence-corrected chi connectivity index (χ1v) is 25.8. The summed E-state index contributed by atoms with van der Waals surface area (Å²) in [7, 11) is -1.53. The number of esters is 2. The Kier molecular flexibility index (Phi) is 20.5. The Morgan fingerprint density at radius 2 is 1.20 bits per heavy atom. The number of azide groups is 1. The minimum absolute atomic E-state index is 0.238. The van der Waals surface area contributed by atoms with Gasteiger partial charge in [-0.25, -0.2) is 4.79 Å². The number of carbonyl (C=O) groups excluding carboxylic acids is 2. The minimum atomic E-state index is -2.65. The van der Waals surface area contributed by atoms with Crippen molar-refractivity contribution in [3.05, 3.63) is 101 Å². The third-order valence-electron chi connectivity index (χ3n) is 11.0. The second-order valence-electron chi connectivity index (χ2n) is 15.9. The molecule has 3 aromatic rings. The zero-order chi connectivity index (χ0) is 47.7. The van der Waals surface area contributed by atoms with Gasteiger partial charge in [-0.2, -0.15) is 0 Å². The first kappa shape index (κ1) is 52.7. The molecule has 2 heterocycles. The van der Waals surface area contributed by atoms with Crippen molar-refractivity contribution in [1.29, 1.82) is 5.41 Å². The third-order valence-corrected chi connectivity index (χ3v) is 16.1. The fraction of sp³-hybridized carbons (Fsp3) is 0.543. The largest absolute Gasteiger partial charge is 0.487 e. The summed E-state index contributed by atoms with van der Waals surface area (Å²) in [5.74, 6) is -1.64. The minimum Gasteiger partial charge on any atom is -0.487 e. The van der Waals surface area contributed by atoms with E-state index in [1.165, 1.54) is 0 Å². The van der Waals surface area contributed by atoms with Gasteiger partial charge in [0, 0.05) is 11.8 Å². The van der Waals surface area contributed by atoms with Gasteiger partial charge in [-0.15, -0.1) is 0 Å². The highest BCUT2D eigenvalue weighted by molar-refractivity contribution is 6.76. The fourth-order valence-electron chi connectivity index (χ4n) is 7.87. The molecular weight excluding hydrogens is 935 g/mol. The fourth-order valence-corrected chi connectivity index (χ4v) is 12.9. The van der Waals surface area contributed by atoms with Gasteiger partial charge in [-0.05, 0) is 60.1 Å². The second-order valence-corrected chi connectivity index (χ2v) is 22.3. The molecule has 0 bridgehead atoms. The molecule has 0 unspecified atom stereocenters. The van der Waals surface area contributed by atoms with Crippen molar-refractivity contribution in [3.63, 3.8) is 0 Å². The SMILES string of the molecule is CCCC[Si](CCCC)(CCCC)O[C@@H]1[C@@H](Oc2ccccc2)O[C@@H](O[C@@H]2[C@H](Oc3ccccc3)[C@@H](OC(C)=O)[C@H](OC(=N)C(Cl)(Cl)Cl)O[C@@H]2C(=O)OC)[C@H](N=[N+]=[N-])[C@H]1Oc1ccccc1. The lowest BCUT2D eigenvalue weighted by atomic mass is 9.96. The maximum atomic E-state index is 13.9. The van der Waals surface area contributed by atoms with Gasteiger partial charge in [0.05, 0.1) is 7.11 Å². The molecular formula is C46H59Cl3N4O12Si. The van der Waals surface area contributed by atoms with Crippen LogP contribution in [0.2, 0.25) is 18.1 Å². The number of para-hydroxylation sites is 3. The molecule has 0 amide bonds. The Hall–Kier alpha value is -4.29. The molecule has 0 saturated carbocycles. The topological polar surface area (TPSA) is 199 Å². The predicted octanol–water partition coefficient (Wildman–Crippen LogP) is 10.6. The van der Waals surface area contributed by atoms with Crippen LogP contribution in [0, 0.1) is 5.41 Å². The lowest BCUT2D eigenvalue weighted by Crippen LogP contribution is -2.68. The van der Waals surface area contributed by atoms with Crippen molar-refractivity contribution < 1.29 is 56.6 Å². The average molecular weight is 994 g/mol. The summed E-state index contributed by atoms with van der Waals surface area (Å²) in [6.07, 6.45) is -7.61. The molecule has 1 N–H and O–H groups in total. The molecule has 16 nitrogen and oxygen atoms in total. The highest BCUT2D eigenvalue weighted by Gasteiger charge is 2.59. The van der Waals surface area contributed by atoms with E-state index in [4.69, 9.17) is 87.3 Å². The Morgan fingerprint density at radius 3 is 1.65 bits per heavy atom. The first-order chi connectivity index (χ1) is 31.8. The number of hydrogen-bond donors (Lipinski definition) is 1. The summed E-state index contributed by atoms with van der Waals surface area (Å²) in [6.45, 7) is 7.59. The Morgan fingerprint density at radius 1 is 0.697 bits per heavy atom. The highest BCUT2D eigenvalue weighted by Crippen LogP contribution is 2.41. The highest BCUT2D eigenvalue weighted by atomic mass is 35.6. The van der Waals surface area contributed by atoms with Gasteiger partial charge in [-0.1, -0.05) is 154 Å². The lowest BCUT2D eigenvalue weighted by Gasteiger charge is -2.50. The van der Waals surface area contributed by atoms with Crippen LogP contribution in [0.4, 0.5) is 0 Å². The van der Waals surface area contributed by atoms with Crippen LogP contribution in [0.5, 0.6) is 17.2 Å². The zero-order valence-electron chi connectivity index (χ0n) is 37.7. The van der Waals surface area contributed by atoms with E-state index in [1.54, 1.807) is 54.6 Å². The monoisotopic (exact) mass is 992 g/mol. The number of unbranched alkanes of at least 4 members (excludes halogenated alkanes) is 3. The molecule has 0 aromatic heterocycles. The van der Waals surface area contributed by atoms with Crippen molar-refractivity contribution in [1.82, 2.24) is 0 Å². The summed E-state index contributed by atoms with van der Waals surface area (Å²) in [5, 5.41) is 12.6. The molecule has 2 aliphatic heterocycles. The number of ether oxygens (including phenoxy) is 9. The number of methoxy groups -OCH3 is 1.